The summed E-state index contributed by atoms with van der Waals surface area (Å²) in [5, 5.41) is 11.5. The number of nitrogens with zero attached hydrogens (tertiary/aromatic N) is 3. The molecule has 1 amide bonds. The van der Waals surface area contributed by atoms with Crippen LogP contribution in [0.4, 0.5) is 11.9 Å². The van der Waals surface area contributed by atoms with E-state index in [1.807, 2.05) is 67.1 Å². The van der Waals surface area contributed by atoms with Crippen molar-refractivity contribution in [2.45, 2.75) is 32.4 Å². The van der Waals surface area contributed by atoms with E-state index in [2.05, 4.69) is 20.7 Å². The Morgan fingerprint density at radius 2 is 1.97 bits per heavy atom. The normalized spacial score (nSPS) is 17.9. The van der Waals surface area contributed by atoms with E-state index in [4.69, 9.17) is 16.3 Å². The largest absolute Gasteiger partial charge is 0.496 e. The second kappa shape index (κ2) is 8.36. The highest BCUT2D eigenvalue weighted by Gasteiger charge is 2.33. The van der Waals surface area contributed by atoms with Gasteiger partial charge < -0.3 is 10.1 Å². The first kappa shape index (κ1) is 20.2. The van der Waals surface area contributed by atoms with Crippen molar-refractivity contribution >= 4 is 29.4 Å². The van der Waals surface area contributed by atoms with Crippen LogP contribution in [-0.4, -0.2) is 27.8 Å². The van der Waals surface area contributed by atoms with Crippen LogP contribution in [0.5, 0.6) is 5.75 Å². The number of para-hydroxylation sites is 1. The van der Waals surface area contributed by atoms with Gasteiger partial charge in [0.05, 0.1) is 19.2 Å². The highest BCUT2D eigenvalue weighted by molar-refractivity contribution is 6.30. The van der Waals surface area contributed by atoms with Gasteiger partial charge in [-0.15, -0.1) is 5.10 Å². The molecule has 8 heteroatoms. The fourth-order valence-corrected chi connectivity index (χ4v) is 3.73. The van der Waals surface area contributed by atoms with Crippen LogP contribution in [0.2, 0.25) is 5.02 Å². The Morgan fingerprint density at radius 3 is 2.67 bits per heavy atom. The van der Waals surface area contributed by atoms with E-state index < -0.39 is 0 Å². The van der Waals surface area contributed by atoms with Gasteiger partial charge in [-0.1, -0.05) is 55.8 Å². The van der Waals surface area contributed by atoms with E-state index in [9.17, 15) is 4.79 Å². The molecule has 2 atom stereocenters. The molecular weight excluding hydrogens is 402 g/mol. The van der Waals surface area contributed by atoms with Gasteiger partial charge in [0.15, 0.2) is 0 Å². The van der Waals surface area contributed by atoms with Gasteiger partial charge in [-0.3, -0.25) is 10.1 Å². The number of amides is 1. The molecule has 7 nitrogen and oxygen atoms in total. The van der Waals surface area contributed by atoms with Crippen molar-refractivity contribution in [2.24, 2.45) is 5.92 Å². The third-order valence-electron chi connectivity index (χ3n) is 5.22. The summed E-state index contributed by atoms with van der Waals surface area (Å²) < 4.78 is 7.42. The summed E-state index contributed by atoms with van der Waals surface area (Å²) in [4.78, 5) is 16.7. The van der Waals surface area contributed by atoms with Crippen molar-refractivity contribution in [1.29, 1.82) is 0 Å². The number of nitrogens with one attached hydrogen (secondary N) is 2. The average molecular weight is 426 g/mol. The molecule has 156 valence electrons. The van der Waals surface area contributed by atoms with Gasteiger partial charge in [-0.2, -0.15) is 4.98 Å². The Bertz CT molecular complexity index is 1050. The van der Waals surface area contributed by atoms with Gasteiger partial charge in [0.2, 0.25) is 11.9 Å². The predicted molar refractivity (Wildman–Crippen MR) is 117 cm³/mol. The second-order valence-corrected chi connectivity index (χ2v) is 8.03. The maximum Gasteiger partial charge on any atom is 0.250 e. The maximum atomic E-state index is 12.1. The SMILES string of the molecule is COc1ccccc1C1CC(c2ccc(Cl)cc2)Nc2nc(NC(=O)C(C)C)nn21. The van der Waals surface area contributed by atoms with Gasteiger partial charge >= 0.3 is 0 Å². The Labute approximate surface area is 180 Å². The Hall–Kier alpha value is -3.06. The molecule has 1 aliphatic rings. The number of rotatable bonds is 5. The number of benzene rings is 2. The van der Waals surface area contributed by atoms with E-state index in [1.165, 1.54) is 0 Å². The van der Waals surface area contributed by atoms with Crippen molar-refractivity contribution in [3.05, 3.63) is 64.7 Å². The van der Waals surface area contributed by atoms with Crippen LogP contribution in [0.1, 0.15) is 43.5 Å². The standard InChI is InChI=1S/C22H24ClN5O2/c1-13(2)20(29)25-21-26-22-24-17(14-8-10-15(23)11-9-14)12-18(28(22)27-21)16-6-4-5-7-19(16)30-3/h4-11,13,17-18H,12H2,1-3H3,(H2,24,25,26,27,29). The first-order chi connectivity index (χ1) is 14.5. The summed E-state index contributed by atoms with van der Waals surface area (Å²) in [6.07, 6.45) is 0.732. The zero-order valence-corrected chi connectivity index (χ0v) is 17.8. The molecule has 1 aromatic heterocycles. The molecule has 4 rings (SSSR count). The minimum atomic E-state index is -0.162. The molecule has 1 aliphatic heterocycles. The number of fused-ring (bicyclic) bond motifs is 1. The average Bonchev–Trinajstić information content (AvgIpc) is 3.15. The zero-order valence-electron chi connectivity index (χ0n) is 17.1. The summed E-state index contributed by atoms with van der Waals surface area (Å²) in [6.45, 7) is 3.66. The van der Waals surface area contributed by atoms with Crippen LogP contribution >= 0.6 is 11.6 Å². The van der Waals surface area contributed by atoms with Crippen LogP contribution in [-0.2, 0) is 4.79 Å². The maximum absolute atomic E-state index is 12.1. The summed E-state index contributed by atoms with van der Waals surface area (Å²) in [6, 6.07) is 15.6. The van der Waals surface area contributed by atoms with Crippen LogP contribution in [0.3, 0.4) is 0 Å². The molecule has 0 radical (unpaired) electrons. The number of carbonyl (C=O) groups is 1. The molecule has 0 saturated carbocycles. The lowest BCUT2D eigenvalue weighted by atomic mass is 9.93. The first-order valence-electron chi connectivity index (χ1n) is 9.88. The van der Waals surface area contributed by atoms with Crippen molar-refractivity contribution < 1.29 is 9.53 Å². The van der Waals surface area contributed by atoms with Gasteiger partial charge in [0, 0.05) is 16.5 Å². The summed E-state index contributed by atoms with van der Waals surface area (Å²) in [5.74, 6) is 1.38. The number of carbonyl (C=O) groups excluding carboxylic acids is 1. The van der Waals surface area contributed by atoms with Crippen molar-refractivity contribution in [3.8, 4) is 5.75 Å². The van der Waals surface area contributed by atoms with E-state index in [0.717, 1.165) is 23.3 Å². The summed E-state index contributed by atoms with van der Waals surface area (Å²) in [7, 11) is 1.66. The van der Waals surface area contributed by atoms with Crippen LogP contribution in [0, 0.1) is 5.92 Å². The number of methoxy groups -OCH3 is 1. The Balaban J connectivity index is 1.75. The quantitative estimate of drug-likeness (QED) is 0.620. The molecule has 2 unspecified atom stereocenters. The second-order valence-electron chi connectivity index (χ2n) is 7.59. The van der Waals surface area contributed by atoms with Crippen molar-refractivity contribution in [2.75, 3.05) is 17.7 Å². The van der Waals surface area contributed by atoms with E-state index in [-0.39, 0.29) is 29.9 Å². The van der Waals surface area contributed by atoms with Crippen LogP contribution < -0.4 is 15.4 Å². The number of hydrogen-bond acceptors (Lipinski definition) is 5. The van der Waals surface area contributed by atoms with E-state index >= 15 is 0 Å². The highest BCUT2D eigenvalue weighted by Crippen LogP contribution is 2.41. The molecule has 0 spiro atoms. The molecule has 0 bridgehead atoms. The van der Waals surface area contributed by atoms with E-state index in [0.29, 0.717) is 11.0 Å². The minimum Gasteiger partial charge on any atom is -0.496 e. The predicted octanol–water partition coefficient (Wildman–Crippen LogP) is 4.68. The monoisotopic (exact) mass is 425 g/mol. The lowest BCUT2D eigenvalue weighted by molar-refractivity contribution is -0.118. The molecule has 30 heavy (non-hydrogen) atoms. The Kier molecular flexibility index (Phi) is 5.63. The lowest BCUT2D eigenvalue weighted by Crippen LogP contribution is -2.28. The van der Waals surface area contributed by atoms with Gasteiger partial charge in [-0.05, 0) is 30.2 Å². The molecule has 2 aromatic carbocycles. The smallest absolute Gasteiger partial charge is 0.250 e. The number of aromatic nitrogens is 3. The Morgan fingerprint density at radius 1 is 1.23 bits per heavy atom. The molecule has 2 N–H and O–H groups in total. The first-order valence-corrected chi connectivity index (χ1v) is 10.3. The molecule has 0 saturated heterocycles. The molecule has 3 aromatic rings. The zero-order chi connectivity index (χ0) is 21.3. The van der Waals surface area contributed by atoms with Gasteiger partial charge in [-0.25, -0.2) is 4.68 Å². The fourth-order valence-electron chi connectivity index (χ4n) is 3.60. The summed E-state index contributed by atoms with van der Waals surface area (Å²) in [5.41, 5.74) is 2.11. The lowest BCUT2D eigenvalue weighted by Gasteiger charge is -2.32. The van der Waals surface area contributed by atoms with Crippen LogP contribution in [0.15, 0.2) is 48.5 Å². The topological polar surface area (TPSA) is 81.1 Å². The molecular formula is C22H24ClN5O2. The number of ether oxygens (including phenoxy) is 1. The fraction of sp³-hybridized carbons (Fsp3) is 0.318. The molecule has 2 heterocycles. The highest BCUT2D eigenvalue weighted by atomic mass is 35.5. The number of halogens is 1. The van der Waals surface area contributed by atoms with Crippen molar-refractivity contribution in [3.63, 3.8) is 0 Å². The third kappa shape index (κ3) is 3.98. The third-order valence-corrected chi connectivity index (χ3v) is 5.47. The van der Waals surface area contributed by atoms with Crippen LogP contribution in [0.25, 0.3) is 0 Å². The van der Waals surface area contributed by atoms with Gasteiger partial charge in [0.1, 0.15) is 5.75 Å². The van der Waals surface area contributed by atoms with Crippen molar-refractivity contribution in [1.82, 2.24) is 14.8 Å². The summed E-state index contributed by atoms with van der Waals surface area (Å²) >= 11 is 6.07. The molecule has 0 aliphatic carbocycles. The van der Waals surface area contributed by atoms with E-state index in [1.54, 1.807) is 7.11 Å². The molecule has 0 fully saturated rings. The minimum absolute atomic E-state index is 0.00234. The number of hydrogen-bond donors (Lipinski definition) is 2. The number of anilines is 2. The van der Waals surface area contributed by atoms with Gasteiger partial charge in [0.25, 0.3) is 5.95 Å².